The van der Waals surface area contributed by atoms with E-state index in [1.54, 1.807) is 12.1 Å². The van der Waals surface area contributed by atoms with E-state index in [4.69, 9.17) is 0 Å². The molecule has 0 aliphatic rings. The van der Waals surface area contributed by atoms with E-state index < -0.39 is 0 Å². The number of amides is 1. The van der Waals surface area contributed by atoms with Crippen LogP contribution in [0.1, 0.15) is 25.5 Å². The molecule has 2 aromatic carbocycles. The minimum Gasteiger partial charge on any atom is -0.348 e. The van der Waals surface area contributed by atoms with Crippen molar-refractivity contribution >= 4 is 28.6 Å². The van der Waals surface area contributed by atoms with Crippen LogP contribution in [0.2, 0.25) is 0 Å². The van der Waals surface area contributed by atoms with Crippen LogP contribution in [-0.4, -0.2) is 16.6 Å². The molecule has 1 heterocycles. The first-order valence-corrected chi connectivity index (χ1v) is 9.55. The van der Waals surface area contributed by atoms with Gasteiger partial charge in [-0.25, -0.2) is 9.37 Å². The highest BCUT2D eigenvalue weighted by molar-refractivity contribution is 7.99. The number of thioether (sulfide) groups is 1. The number of fused-ring (bicyclic) bond motifs is 1. The number of nitrogens with zero attached hydrogens (tertiary/aromatic N) is 1. The Bertz CT molecular complexity index is 896. The van der Waals surface area contributed by atoms with Crippen LogP contribution in [0.4, 0.5) is 4.39 Å². The molecule has 3 aromatic rings. The number of pyridine rings is 1. The monoisotopic (exact) mass is 368 g/mol. The van der Waals surface area contributed by atoms with E-state index in [2.05, 4.69) is 10.3 Å². The first-order valence-electron chi connectivity index (χ1n) is 8.56. The number of para-hydroxylation sites is 1. The van der Waals surface area contributed by atoms with E-state index in [0.29, 0.717) is 0 Å². The number of aromatic nitrogens is 1. The van der Waals surface area contributed by atoms with Gasteiger partial charge in [-0.1, -0.05) is 62.0 Å². The van der Waals surface area contributed by atoms with Crippen molar-refractivity contribution in [3.63, 3.8) is 0 Å². The molecule has 1 unspecified atom stereocenters. The van der Waals surface area contributed by atoms with Crippen LogP contribution < -0.4 is 5.32 Å². The second-order valence-corrected chi connectivity index (χ2v) is 7.47. The Labute approximate surface area is 157 Å². The summed E-state index contributed by atoms with van der Waals surface area (Å²) in [5, 5.41) is 4.95. The summed E-state index contributed by atoms with van der Waals surface area (Å²) in [6.07, 6.45) is 0. The first kappa shape index (κ1) is 18.4. The van der Waals surface area contributed by atoms with Crippen molar-refractivity contribution in [1.82, 2.24) is 10.3 Å². The number of benzene rings is 2. The Morgan fingerprint density at radius 3 is 2.54 bits per heavy atom. The summed E-state index contributed by atoms with van der Waals surface area (Å²) in [6.45, 7) is 4.07. The van der Waals surface area contributed by atoms with Gasteiger partial charge in [0.15, 0.2) is 0 Å². The fourth-order valence-corrected chi connectivity index (χ4v) is 3.48. The van der Waals surface area contributed by atoms with Gasteiger partial charge in [-0.2, -0.15) is 0 Å². The summed E-state index contributed by atoms with van der Waals surface area (Å²) in [5.74, 6) is 0.150. The molecule has 0 radical (unpaired) electrons. The van der Waals surface area contributed by atoms with Crippen molar-refractivity contribution in [3.05, 3.63) is 72.0 Å². The van der Waals surface area contributed by atoms with Gasteiger partial charge in [-0.15, -0.1) is 0 Å². The zero-order valence-electron chi connectivity index (χ0n) is 14.8. The Morgan fingerprint density at radius 2 is 1.81 bits per heavy atom. The maximum absolute atomic E-state index is 13.1. The van der Waals surface area contributed by atoms with Crippen LogP contribution in [0.3, 0.4) is 0 Å². The minimum absolute atomic E-state index is 0.0621. The molecule has 0 fully saturated rings. The summed E-state index contributed by atoms with van der Waals surface area (Å²) in [6, 6.07) is 18.0. The molecule has 0 bridgehead atoms. The number of nitrogens with one attached hydrogen (secondary N) is 1. The van der Waals surface area contributed by atoms with E-state index >= 15 is 0 Å². The van der Waals surface area contributed by atoms with E-state index in [1.807, 2.05) is 50.2 Å². The second-order valence-electron chi connectivity index (χ2n) is 6.47. The standard InChI is InChI=1S/C21H21FN2OS/c1-14(2)21(16-7-10-17(22)11-8-16)24-19(25)13-26-20-12-9-15-5-3-4-6-18(15)23-20/h3-12,14,21H,13H2,1-2H3,(H,24,25). The zero-order chi connectivity index (χ0) is 18.5. The molecular formula is C21H21FN2OS. The molecule has 26 heavy (non-hydrogen) atoms. The Balaban J connectivity index is 1.63. The summed E-state index contributed by atoms with van der Waals surface area (Å²) in [4.78, 5) is 17.0. The van der Waals surface area contributed by atoms with Crippen LogP contribution in [0.15, 0.2) is 65.7 Å². The minimum atomic E-state index is -0.277. The average Bonchev–Trinajstić information content (AvgIpc) is 2.65. The lowest BCUT2D eigenvalue weighted by atomic mass is 9.96. The predicted molar refractivity (Wildman–Crippen MR) is 105 cm³/mol. The van der Waals surface area contributed by atoms with Crippen LogP contribution >= 0.6 is 11.8 Å². The number of hydrogen-bond donors (Lipinski definition) is 1. The van der Waals surface area contributed by atoms with E-state index in [-0.39, 0.29) is 29.4 Å². The van der Waals surface area contributed by atoms with Gasteiger partial charge in [0.1, 0.15) is 5.82 Å². The maximum atomic E-state index is 13.1. The fraction of sp³-hybridized carbons (Fsp3) is 0.238. The second kappa shape index (κ2) is 8.32. The Morgan fingerprint density at radius 1 is 1.08 bits per heavy atom. The molecule has 3 nitrogen and oxygen atoms in total. The van der Waals surface area contributed by atoms with Crippen LogP contribution in [0, 0.1) is 11.7 Å². The highest BCUT2D eigenvalue weighted by atomic mass is 32.2. The summed E-state index contributed by atoms with van der Waals surface area (Å²) in [5.41, 5.74) is 1.83. The molecule has 5 heteroatoms. The lowest BCUT2D eigenvalue weighted by Crippen LogP contribution is -2.33. The van der Waals surface area contributed by atoms with Gasteiger partial charge in [-0.05, 0) is 35.7 Å². The van der Waals surface area contributed by atoms with Crippen LogP contribution in [0.5, 0.6) is 0 Å². The first-order chi connectivity index (χ1) is 12.5. The molecule has 1 atom stereocenters. The molecule has 0 saturated carbocycles. The van der Waals surface area contributed by atoms with Crippen molar-refractivity contribution < 1.29 is 9.18 Å². The third-order valence-corrected chi connectivity index (χ3v) is 5.07. The highest BCUT2D eigenvalue weighted by Gasteiger charge is 2.18. The molecule has 1 aromatic heterocycles. The van der Waals surface area contributed by atoms with Gasteiger partial charge < -0.3 is 5.32 Å². The van der Waals surface area contributed by atoms with Crippen molar-refractivity contribution in [3.8, 4) is 0 Å². The van der Waals surface area contributed by atoms with E-state index in [0.717, 1.165) is 21.5 Å². The van der Waals surface area contributed by atoms with Gasteiger partial charge in [0.25, 0.3) is 0 Å². The Kier molecular flexibility index (Phi) is 5.89. The van der Waals surface area contributed by atoms with Crippen molar-refractivity contribution in [2.24, 2.45) is 5.92 Å². The zero-order valence-corrected chi connectivity index (χ0v) is 15.6. The van der Waals surface area contributed by atoms with Gasteiger partial charge in [-0.3, -0.25) is 4.79 Å². The molecule has 1 N–H and O–H groups in total. The van der Waals surface area contributed by atoms with Crippen molar-refractivity contribution in [2.45, 2.75) is 24.9 Å². The smallest absolute Gasteiger partial charge is 0.230 e. The van der Waals surface area contributed by atoms with Gasteiger partial charge in [0.2, 0.25) is 5.91 Å². The number of rotatable bonds is 6. The summed E-state index contributed by atoms with van der Waals surface area (Å²) < 4.78 is 13.1. The number of carbonyl (C=O) groups is 1. The number of carbonyl (C=O) groups excluding carboxylic acids is 1. The molecule has 0 saturated heterocycles. The van der Waals surface area contributed by atoms with Gasteiger partial charge >= 0.3 is 0 Å². The van der Waals surface area contributed by atoms with Crippen molar-refractivity contribution in [1.29, 1.82) is 0 Å². The third kappa shape index (κ3) is 4.61. The quantitative estimate of drug-likeness (QED) is 0.624. The molecule has 0 aliphatic carbocycles. The molecule has 134 valence electrons. The average molecular weight is 368 g/mol. The van der Waals surface area contributed by atoms with Crippen molar-refractivity contribution in [2.75, 3.05) is 5.75 Å². The largest absolute Gasteiger partial charge is 0.348 e. The van der Waals surface area contributed by atoms with E-state index in [1.165, 1.54) is 23.9 Å². The molecule has 0 aliphatic heterocycles. The van der Waals surface area contributed by atoms with Gasteiger partial charge in [0.05, 0.1) is 22.3 Å². The lowest BCUT2D eigenvalue weighted by Gasteiger charge is -2.23. The summed E-state index contributed by atoms with van der Waals surface area (Å²) >= 11 is 1.41. The number of halogens is 1. The maximum Gasteiger partial charge on any atom is 0.230 e. The highest BCUT2D eigenvalue weighted by Crippen LogP contribution is 2.23. The third-order valence-electron chi connectivity index (χ3n) is 4.14. The fourth-order valence-electron chi connectivity index (χ4n) is 2.79. The Hall–Kier alpha value is -2.40. The molecule has 3 rings (SSSR count). The summed E-state index contributed by atoms with van der Waals surface area (Å²) in [7, 11) is 0. The lowest BCUT2D eigenvalue weighted by molar-refractivity contribution is -0.119. The molecule has 1 amide bonds. The number of hydrogen-bond acceptors (Lipinski definition) is 3. The molecular weight excluding hydrogens is 347 g/mol. The van der Waals surface area contributed by atoms with E-state index in [9.17, 15) is 9.18 Å². The molecule has 0 spiro atoms. The topological polar surface area (TPSA) is 42.0 Å². The van der Waals surface area contributed by atoms with Gasteiger partial charge in [0, 0.05) is 5.39 Å². The normalized spacial score (nSPS) is 12.3. The SMILES string of the molecule is CC(C)C(NC(=O)CSc1ccc2ccccc2n1)c1ccc(F)cc1. The van der Waals surface area contributed by atoms with Crippen LogP contribution in [0.25, 0.3) is 10.9 Å². The predicted octanol–water partition coefficient (Wildman–Crippen LogP) is 4.98. The van der Waals surface area contributed by atoms with Crippen LogP contribution in [-0.2, 0) is 4.79 Å².